The molecule has 20 heavy (non-hydrogen) atoms. The number of aliphatic imine (C=N–C) groups is 2. The van der Waals surface area contributed by atoms with Crippen LogP contribution in [0.5, 0.6) is 0 Å². The summed E-state index contributed by atoms with van der Waals surface area (Å²) in [7, 11) is 1.30. The fourth-order valence-corrected chi connectivity index (χ4v) is 1.92. The summed E-state index contributed by atoms with van der Waals surface area (Å²) >= 11 is 0. The molecular formula is C14H14F2N2O2. The number of methoxy groups -OCH3 is 1. The van der Waals surface area contributed by atoms with Gasteiger partial charge in [-0.15, -0.1) is 0 Å². The predicted octanol–water partition coefficient (Wildman–Crippen LogP) is 2.37. The Kier molecular flexibility index (Phi) is 4.55. The van der Waals surface area contributed by atoms with Gasteiger partial charge >= 0.3 is 5.97 Å². The normalized spacial score (nSPS) is 15.4. The van der Waals surface area contributed by atoms with Crippen LogP contribution in [0.15, 0.2) is 34.3 Å². The Bertz CT molecular complexity index is 551. The fraction of sp³-hybridized carbons (Fsp3) is 0.357. The minimum atomic E-state index is -2.56. The first-order valence-electron chi connectivity index (χ1n) is 6.15. The van der Waals surface area contributed by atoms with Crippen LogP contribution in [0.3, 0.4) is 0 Å². The molecule has 0 unspecified atom stereocenters. The monoisotopic (exact) mass is 280 g/mol. The van der Waals surface area contributed by atoms with E-state index in [2.05, 4.69) is 14.7 Å². The molecule has 0 saturated heterocycles. The lowest BCUT2D eigenvalue weighted by molar-refractivity contribution is 0.0600. The Hall–Kier alpha value is -2.11. The summed E-state index contributed by atoms with van der Waals surface area (Å²) in [5, 5.41) is 0. The van der Waals surface area contributed by atoms with Crippen LogP contribution in [0.2, 0.25) is 0 Å². The lowest BCUT2D eigenvalue weighted by Gasteiger charge is -2.07. The van der Waals surface area contributed by atoms with Crippen LogP contribution in [-0.4, -0.2) is 44.0 Å². The summed E-state index contributed by atoms with van der Waals surface area (Å²) in [6.45, 7) is 0.674. The van der Waals surface area contributed by atoms with Gasteiger partial charge in [0.25, 0.3) is 6.43 Å². The van der Waals surface area contributed by atoms with Crippen molar-refractivity contribution in [1.82, 2.24) is 0 Å². The van der Waals surface area contributed by atoms with Gasteiger partial charge in [-0.2, -0.15) is 0 Å². The molecule has 0 aromatic heterocycles. The van der Waals surface area contributed by atoms with Crippen molar-refractivity contribution in [3.8, 4) is 0 Å². The molecular weight excluding hydrogens is 266 g/mol. The van der Waals surface area contributed by atoms with E-state index in [0.29, 0.717) is 23.4 Å². The van der Waals surface area contributed by atoms with Crippen molar-refractivity contribution >= 4 is 17.4 Å². The Morgan fingerprint density at radius 3 is 2.45 bits per heavy atom. The van der Waals surface area contributed by atoms with E-state index in [1.807, 2.05) is 0 Å². The van der Waals surface area contributed by atoms with E-state index in [-0.39, 0.29) is 18.7 Å². The SMILES string of the molecule is COC(=O)c1ccc(C2=NCCN=C(C(F)F)C2)cc1. The number of nitrogens with zero attached hydrogens (tertiary/aromatic N) is 2. The molecule has 1 heterocycles. The first kappa shape index (κ1) is 14.3. The highest BCUT2D eigenvalue weighted by atomic mass is 19.3. The molecule has 1 aromatic carbocycles. The van der Waals surface area contributed by atoms with E-state index < -0.39 is 12.4 Å². The first-order chi connectivity index (χ1) is 9.61. The van der Waals surface area contributed by atoms with Gasteiger partial charge in [-0.1, -0.05) is 12.1 Å². The third-order valence-electron chi connectivity index (χ3n) is 2.96. The maximum absolute atomic E-state index is 12.8. The zero-order chi connectivity index (χ0) is 14.5. The molecule has 0 amide bonds. The van der Waals surface area contributed by atoms with E-state index in [1.165, 1.54) is 7.11 Å². The van der Waals surface area contributed by atoms with Crippen LogP contribution in [0, 0.1) is 0 Å². The number of benzene rings is 1. The third kappa shape index (κ3) is 3.26. The maximum atomic E-state index is 12.8. The number of hydrogen-bond donors (Lipinski definition) is 0. The number of esters is 1. The van der Waals surface area contributed by atoms with Gasteiger partial charge in [-0.05, 0) is 17.7 Å². The molecule has 1 aromatic rings. The second kappa shape index (κ2) is 6.36. The molecule has 0 bridgehead atoms. The van der Waals surface area contributed by atoms with Crippen LogP contribution < -0.4 is 0 Å². The van der Waals surface area contributed by atoms with E-state index in [9.17, 15) is 13.6 Å². The molecule has 0 N–H and O–H groups in total. The number of carbonyl (C=O) groups is 1. The van der Waals surface area contributed by atoms with E-state index in [4.69, 9.17) is 0 Å². The van der Waals surface area contributed by atoms with E-state index >= 15 is 0 Å². The lowest BCUT2D eigenvalue weighted by atomic mass is 10.0. The number of halogens is 2. The maximum Gasteiger partial charge on any atom is 0.337 e. The van der Waals surface area contributed by atoms with Gasteiger partial charge < -0.3 is 4.74 Å². The summed E-state index contributed by atoms with van der Waals surface area (Å²) in [6.07, 6.45) is -2.53. The van der Waals surface area contributed by atoms with Crippen LogP contribution in [0.4, 0.5) is 8.78 Å². The number of carbonyl (C=O) groups excluding carboxylic acids is 1. The van der Waals surface area contributed by atoms with E-state index in [0.717, 1.165) is 0 Å². The number of rotatable bonds is 3. The van der Waals surface area contributed by atoms with Gasteiger partial charge in [0.05, 0.1) is 31.5 Å². The molecule has 1 aliphatic heterocycles. The Balaban J connectivity index is 2.21. The third-order valence-corrected chi connectivity index (χ3v) is 2.96. The molecule has 1 aliphatic rings. The number of ether oxygens (including phenoxy) is 1. The summed E-state index contributed by atoms with van der Waals surface area (Å²) < 4.78 is 30.1. The average Bonchev–Trinajstić information content (AvgIpc) is 2.72. The van der Waals surface area contributed by atoms with Gasteiger partial charge in [0.2, 0.25) is 0 Å². The Morgan fingerprint density at radius 1 is 1.20 bits per heavy atom. The summed E-state index contributed by atoms with van der Waals surface area (Å²) in [5.74, 6) is -0.436. The van der Waals surface area contributed by atoms with Crippen LogP contribution in [-0.2, 0) is 4.74 Å². The van der Waals surface area contributed by atoms with Crippen molar-refractivity contribution in [2.24, 2.45) is 9.98 Å². The number of alkyl halides is 2. The van der Waals surface area contributed by atoms with Crippen LogP contribution in [0.1, 0.15) is 22.3 Å². The highest BCUT2D eigenvalue weighted by Crippen LogP contribution is 2.14. The van der Waals surface area contributed by atoms with Gasteiger partial charge in [0.15, 0.2) is 0 Å². The first-order valence-corrected chi connectivity index (χ1v) is 6.15. The molecule has 0 fully saturated rings. The highest BCUT2D eigenvalue weighted by molar-refractivity contribution is 6.13. The number of hydrogen-bond acceptors (Lipinski definition) is 4. The Labute approximate surface area is 115 Å². The van der Waals surface area contributed by atoms with Gasteiger partial charge in [-0.3, -0.25) is 9.98 Å². The quantitative estimate of drug-likeness (QED) is 0.798. The van der Waals surface area contributed by atoms with Crippen LogP contribution >= 0.6 is 0 Å². The van der Waals surface area contributed by atoms with Crippen LogP contribution in [0.25, 0.3) is 0 Å². The second-order valence-corrected chi connectivity index (χ2v) is 4.25. The smallest absolute Gasteiger partial charge is 0.337 e. The predicted molar refractivity (Wildman–Crippen MR) is 72.1 cm³/mol. The molecule has 0 radical (unpaired) electrons. The van der Waals surface area contributed by atoms with Crippen molar-refractivity contribution in [3.63, 3.8) is 0 Å². The standard InChI is InChI=1S/C14H14F2N2O2/c1-20-14(19)10-4-2-9(3-5-10)11-8-12(13(15)16)18-7-6-17-11/h2-5,13H,6-8H2,1H3. The lowest BCUT2D eigenvalue weighted by Crippen LogP contribution is -2.16. The summed E-state index contributed by atoms with van der Waals surface area (Å²) in [4.78, 5) is 19.4. The van der Waals surface area contributed by atoms with Gasteiger partial charge in [-0.25, -0.2) is 13.6 Å². The Morgan fingerprint density at radius 2 is 1.85 bits per heavy atom. The van der Waals surface area contributed by atoms with Gasteiger partial charge in [0, 0.05) is 12.1 Å². The van der Waals surface area contributed by atoms with Crippen molar-refractivity contribution in [2.45, 2.75) is 12.8 Å². The largest absolute Gasteiger partial charge is 0.465 e. The summed E-state index contributed by atoms with van der Waals surface area (Å²) in [6, 6.07) is 6.54. The molecule has 106 valence electrons. The molecule has 0 saturated carbocycles. The molecule has 0 spiro atoms. The van der Waals surface area contributed by atoms with E-state index in [1.54, 1.807) is 24.3 Å². The molecule has 4 nitrogen and oxygen atoms in total. The zero-order valence-electron chi connectivity index (χ0n) is 11.0. The van der Waals surface area contributed by atoms with Crippen molar-refractivity contribution in [1.29, 1.82) is 0 Å². The fourth-order valence-electron chi connectivity index (χ4n) is 1.92. The minimum Gasteiger partial charge on any atom is -0.465 e. The van der Waals surface area contributed by atoms with Gasteiger partial charge in [0.1, 0.15) is 0 Å². The topological polar surface area (TPSA) is 51.0 Å². The second-order valence-electron chi connectivity index (χ2n) is 4.25. The minimum absolute atomic E-state index is 0.0369. The van der Waals surface area contributed by atoms with Crippen molar-refractivity contribution in [3.05, 3.63) is 35.4 Å². The average molecular weight is 280 g/mol. The molecule has 0 aliphatic carbocycles. The molecule has 0 atom stereocenters. The van der Waals surface area contributed by atoms with Crippen molar-refractivity contribution < 1.29 is 18.3 Å². The molecule has 6 heteroatoms. The highest BCUT2D eigenvalue weighted by Gasteiger charge is 2.18. The summed E-state index contributed by atoms with van der Waals surface area (Å²) in [5.41, 5.74) is 1.55. The molecule has 2 rings (SSSR count). The van der Waals surface area contributed by atoms with Crippen molar-refractivity contribution in [2.75, 3.05) is 20.2 Å². The zero-order valence-corrected chi connectivity index (χ0v) is 11.0.